The second kappa shape index (κ2) is 6.21. The fraction of sp³-hybridized carbons (Fsp3) is 0.143. The molecule has 0 aliphatic carbocycles. The number of nitrogens with two attached hydrogens (primary N) is 1. The lowest BCUT2D eigenvalue weighted by molar-refractivity contribution is -0.387. The van der Waals surface area contributed by atoms with Crippen molar-refractivity contribution >= 4 is 5.69 Å². The van der Waals surface area contributed by atoms with E-state index in [0.29, 0.717) is 5.56 Å². The van der Waals surface area contributed by atoms with E-state index in [2.05, 4.69) is 4.74 Å². The van der Waals surface area contributed by atoms with Gasteiger partial charge in [-0.05, 0) is 29.3 Å². The summed E-state index contributed by atoms with van der Waals surface area (Å²) >= 11 is 0. The predicted molar refractivity (Wildman–Crippen MR) is 72.2 cm³/mol. The van der Waals surface area contributed by atoms with Crippen LogP contribution < -0.4 is 10.5 Å². The van der Waals surface area contributed by atoms with Crippen LogP contribution in [0.4, 0.5) is 23.2 Å². The van der Waals surface area contributed by atoms with Gasteiger partial charge in [0.15, 0.2) is 0 Å². The molecule has 0 radical (unpaired) electrons. The maximum atomic E-state index is 13.3. The standard InChI is InChI=1S/C14H10F4N2O3/c15-11-6-3-9(7-12(11)20(21)22)13(19)8-1-4-10(5-2-8)23-14(16,17)18/h1-7,13H,19H2/t13-/m0/s1. The normalized spacial score (nSPS) is 12.7. The molecule has 9 heteroatoms. The van der Waals surface area contributed by atoms with E-state index in [-0.39, 0.29) is 5.56 Å². The van der Waals surface area contributed by atoms with E-state index in [1.54, 1.807) is 0 Å². The second-order valence-electron chi connectivity index (χ2n) is 4.56. The van der Waals surface area contributed by atoms with Crippen LogP contribution in [0, 0.1) is 15.9 Å². The van der Waals surface area contributed by atoms with Gasteiger partial charge in [0.1, 0.15) is 5.75 Å². The number of hydrogen-bond donors (Lipinski definition) is 1. The van der Waals surface area contributed by atoms with Crippen molar-refractivity contribution in [1.29, 1.82) is 0 Å². The van der Waals surface area contributed by atoms with Crippen molar-refractivity contribution in [1.82, 2.24) is 0 Å². The van der Waals surface area contributed by atoms with Gasteiger partial charge in [-0.1, -0.05) is 18.2 Å². The molecule has 122 valence electrons. The van der Waals surface area contributed by atoms with Gasteiger partial charge in [-0.2, -0.15) is 4.39 Å². The molecule has 0 amide bonds. The number of hydrogen-bond acceptors (Lipinski definition) is 4. The maximum absolute atomic E-state index is 13.3. The monoisotopic (exact) mass is 330 g/mol. The number of alkyl halides is 3. The van der Waals surface area contributed by atoms with Crippen LogP contribution in [-0.2, 0) is 0 Å². The Labute approximate surface area is 127 Å². The van der Waals surface area contributed by atoms with E-state index in [1.165, 1.54) is 18.2 Å². The number of rotatable bonds is 4. The van der Waals surface area contributed by atoms with Gasteiger partial charge in [0.2, 0.25) is 5.82 Å². The minimum absolute atomic E-state index is 0.252. The third kappa shape index (κ3) is 4.16. The van der Waals surface area contributed by atoms with E-state index in [9.17, 15) is 27.7 Å². The van der Waals surface area contributed by atoms with Crippen LogP contribution in [0.15, 0.2) is 42.5 Å². The lowest BCUT2D eigenvalue weighted by Crippen LogP contribution is -2.17. The molecule has 2 rings (SSSR count). The van der Waals surface area contributed by atoms with Crippen molar-refractivity contribution in [2.75, 3.05) is 0 Å². The van der Waals surface area contributed by atoms with Crippen molar-refractivity contribution in [3.63, 3.8) is 0 Å². The first-order valence-corrected chi connectivity index (χ1v) is 6.22. The number of nitro groups is 1. The molecule has 2 N–H and O–H groups in total. The second-order valence-corrected chi connectivity index (χ2v) is 4.56. The quantitative estimate of drug-likeness (QED) is 0.527. The molecule has 0 heterocycles. The summed E-state index contributed by atoms with van der Waals surface area (Å²) < 4.78 is 53.3. The Morgan fingerprint density at radius 1 is 1.09 bits per heavy atom. The maximum Gasteiger partial charge on any atom is 0.573 e. The fourth-order valence-electron chi connectivity index (χ4n) is 1.93. The molecule has 0 saturated heterocycles. The molecular weight excluding hydrogens is 320 g/mol. The van der Waals surface area contributed by atoms with E-state index >= 15 is 0 Å². The molecule has 2 aromatic carbocycles. The first-order chi connectivity index (χ1) is 10.7. The van der Waals surface area contributed by atoms with Crippen molar-refractivity contribution in [3.8, 4) is 5.75 Å². The van der Waals surface area contributed by atoms with E-state index in [0.717, 1.165) is 24.3 Å². The molecule has 5 nitrogen and oxygen atoms in total. The Bertz CT molecular complexity index is 717. The van der Waals surface area contributed by atoms with Gasteiger partial charge in [0.05, 0.1) is 11.0 Å². The average Bonchev–Trinajstić information content (AvgIpc) is 2.46. The third-order valence-electron chi connectivity index (χ3n) is 3.00. The predicted octanol–water partition coefficient (Wildman–Crippen LogP) is 3.68. The molecule has 0 aliphatic rings. The summed E-state index contributed by atoms with van der Waals surface area (Å²) in [5.41, 5.74) is 5.82. The van der Waals surface area contributed by atoms with Gasteiger partial charge in [0, 0.05) is 6.07 Å². The Hall–Kier alpha value is -2.68. The molecule has 0 spiro atoms. The molecule has 0 bridgehead atoms. The summed E-state index contributed by atoms with van der Waals surface area (Å²) in [5, 5.41) is 10.7. The van der Waals surface area contributed by atoms with Crippen LogP contribution >= 0.6 is 0 Å². The smallest absolute Gasteiger partial charge is 0.406 e. The Balaban J connectivity index is 2.25. The van der Waals surface area contributed by atoms with Crippen molar-refractivity contribution < 1.29 is 27.2 Å². The fourth-order valence-corrected chi connectivity index (χ4v) is 1.93. The Morgan fingerprint density at radius 3 is 2.17 bits per heavy atom. The van der Waals surface area contributed by atoms with Crippen molar-refractivity contribution in [3.05, 3.63) is 69.5 Å². The van der Waals surface area contributed by atoms with Gasteiger partial charge >= 0.3 is 12.0 Å². The minimum atomic E-state index is -4.80. The zero-order valence-corrected chi connectivity index (χ0v) is 11.4. The van der Waals surface area contributed by atoms with Gasteiger partial charge in [0.25, 0.3) is 0 Å². The molecule has 0 fully saturated rings. The molecule has 23 heavy (non-hydrogen) atoms. The lowest BCUT2D eigenvalue weighted by atomic mass is 9.99. The number of nitrogens with zero attached hydrogens (tertiary/aromatic N) is 1. The van der Waals surface area contributed by atoms with Gasteiger partial charge in [-0.3, -0.25) is 10.1 Å². The molecule has 2 aromatic rings. The zero-order valence-electron chi connectivity index (χ0n) is 11.4. The highest BCUT2D eigenvalue weighted by Crippen LogP contribution is 2.28. The van der Waals surface area contributed by atoms with Crippen LogP contribution in [0.2, 0.25) is 0 Å². The van der Waals surface area contributed by atoms with E-state index in [4.69, 9.17) is 5.73 Å². The van der Waals surface area contributed by atoms with Gasteiger partial charge in [-0.15, -0.1) is 13.2 Å². The Kier molecular flexibility index (Phi) is 4.50. The molecule has 0 unspecified atom stereocenters. The molecule has 0 aliphatic heterocycles. The summed E-state index contributed by atoms with van der Waals surface area (Å²) in [6, 6.07) is 7.03. The van der Waals surface area contributed by atoms with Crippen molar-refractivity contribution in [2.45, 2.75) is 12.4 Å². The first kappa shape index (κ1) is 16.7. The lowest BCUT2D eigenvalue weighted by Gasteiger charge is -2.14. The van der Waals surface area contributed by atoms with E-state index in [1.807, 2.05) is 0 Å². The first-order valence-electron chi connectivity index (χ1n) is 6.22. The van der Waals surface area contributed by atoms with Crippen LogP contribution in [-0.4, -0.2) is 11.3 Å². The topological polar surface area (TPSA) is 78.4 Å². The summed E-state index contributed by atoms with van der Waals surface area (Å²) in [6.07, 6.45) is -4.80. The number of nitro benzene ring substituents is 1. The zero-order chi connectivity index (χ0) is 17.2. The van der Waals surface area contributed by atoms with Crippen molar-refractivity contribution in [2.24, 2.45) is 5.73 Å². The van der Waals surface area contributed by atoms with Gasteiger partial charge < -0.3 is 10.5 Å². The summed E-state index contributed by atoms with van der Waals surface area (Å²) in [4.78, 5) is 9.83. The molecular formula is C14H10F4N2O3. The SMILES string of the molecule is N[C@@H](c1ccc(OC(F)(F)F)cc1)c1ccc(F)c([N+](=O)[O-])c1. The number of benzene rings is 2. The summed E-state index contributed by atoms with van der Waals surface area (Å²) in [7, 11) is 0. The van der Waals surface area contributed by atoms with Crippen LogP contribution in [0.3, 0.4) is 0 Å². The van der Waals surface area contributed by atoms with Gasteiger partial charge in [-0.25, -0.2) is 0 Å². The highest BCUT2D eigenvalue weighted by molar-refractivity contribution is 5.41. The average molecular weight is 330 g/mol. The van der Waals surface area contributed by atoms with Crippen LogP contribution in [0.1, 0.15) is 17.2 Å². The minimum Gasteiger partial charge on any atom is -0.406 e. The summed E-state index contributed by atoms with van der Waals surface area (Å²) in [5.74, 6) is -1.42. The van der Waals surface area contributed by atoms with E-state index < -0.39 is 34.6 Å². The Morgan fingerprint density at radius 2 is 1.65 bits per heavy atom. The van der Waals surface area contributed by atoms with Crippen LogP contribution in [0.25, 0.3) is 0 Å². The third-order valence-corrected chi connectivity index (χ3v) is 3.00. The number of halogens is 4. The number of ether oxygens (including phenoxy) is 1. The summed E-state index contributed by atoms with van der Waals surface area (Å²) in [6.45, 7) is 0. The largest absolute Gasteiger partial charge is 0.573 e. The molecule has 0 aromatic heterocycles. The van der Waals surface area contributed by atoms with Crippen LogP contribution in [0.5, 0.6) is 5.75 Å². The molecule has 0 saturated carbocycles. The molecule has 1 atom stereocenters. The highest BCUT2D eigenvalue weighted by Gasteiger charge is 2.31. The highest BCUT2D eigenvalue weighted by atomic mass is 19.4.